The van der Waals surface area contributed by atoms with Crippen molar-refractivity contribution in [3.63, 3.8) is 0 Å². The number of aromatic carboxylic acids is 1. The number of nitrogens with one attached hydrogen (secondary N) is 3. The molecule has 0 spiro atoms. The molecule has 0 aromatic heterocycles. The van der Waals surface area contributed by atoms with Crippen LogP contribution in [0.2, 0.25) is 0 Å². The molecule has 7 N–H and O–H groups in total. The Labute approximate surface area is 416 Å². The Bertz CT molecular complexity index is 1730. The highest BCUT2D eigenvalue weighted by Crippen LogP contribution is 2.18. The first-order valence-electron chi connectivity index (χ1n) is 24.9. The highest BCUT2D eigenvalue weighted by Gasteiger charge is 2.25. The smallest absolute Gasteiger partial charge is 0.335 e. The molecule has 0 saturated heterocycles. The van der Waals surface area contributed by atoms with Crippen molar-refractivity contribution in [3.8, 4) is 5.75 Å². The van der Waals surface area contributed by atoms with E-state index in [0.29, 0.717) is 44.6 Å². The van der Waals surface area contributed by atoms with E-state index in [9.17, 15) is 53.4 Å². The first-order chi connectivity index (χ1) is 34.2. The second-order valence-electron chi connectivity index (χ2n) is 17.1. The van der Waals surface area contributed by atoms with Crippen LogP contribution < -0.4 is 20.7 Å². The zero-order valence-corrected chi connectivity index (χ0v) is 41.5. The number of aliphatic hydroxyl groups excluding tert-OH is 1. The summed E-state index contributed by atoms with van der Waals surface area (Å²) in [5, 5.41) is 44.9. The fourth-order valence-electron chi connectivity index (χ4n) is 7.11. The van der Waals surface area contributed by atoms with Gasteiger partial charge in [-0.05, 0) is 75.6 Å². The molecule has 0 heterocycles. The van der Waals surface area contributed by atoms with E-state index >= 15 is 0 Å². The molecule has 3 amide bonds. The summed E-state index contributed by atoms with van der Waals surface area (Å²) in [6.45, 7) is 3.59. The first kappa shape index (κ1) is 63.7. The number of carbonyl (C=O) groups is 9. The summed E-state index contributed by atoms with van der Waals surface area (Å²) in [7, 11) is 0. The van der Waals surface area contributed by atoms with Gasteiger partial charge in [0.1, 0.15) is 43.2 Å². The number of rotatable bonds is 48. The molecule has 1 aromatic rings. The molecule has 0 bridgehead atoms. The van der Waals surface area contributed by atoms with Gasteiger partial charge in [-0.1, -0.05) is 45.4 Å². The van der Waals surface area contributed by atoms with Gasteiger partial charge in [-0.3, -0.25) is 33.6 Å². The Morgan fingerprint density at radius 1 is 0.521 bits per heavy atom. The summed E-state index contributed by atoms with van der Waals surface area (Å²) in [6.07, 6.45) is 8.78. The average molecular weight is 1010 g/mol. The van der Waals surface area contributed by atoms with E-state index in [1.165, 1.54) is 12.1 Å². The quantitative estimate of drug-likeness (QED) is 0.0452. The maximum atomic E-state index is 12.6. The van der Waals surface area contributed by atoms with Gasteiger partial charge in [0.15, 0.2) is 5.78 Å². The number of ether oxygens (including phenoxy) is 5. The SMILES string of the molecule is CC[C@@H](CCCCNC(=O)COCCOCCNC(=O)COCCOCCCC(=O)CC[C@H](NC(=O)CC[C@H](CC(=O)CCCCCCCCCOc1ccc(C(=O)O)cc1)C(=O)O)C(=O)O)C(=O)CO. The predicted molar refractivity (Wildman–Crippen MR) is 258 cm³/mol. The molecule has 0 radical (unpaired) electrons. The van der Waals surface area contributed by atoms with E-state index in [1.807, 2.05) is 6.92 Å². The molecule has 0 aliphatic carbocycles. The molecule has 71 heavy (non-hydrogen) atoms. The van der Waals surface area contributed by atoms with E-state index in [1.54, 1.807) is 12.1 Å². The molecule has 0 unspecified atom stereocenters. The summed E-state index contributed by atoms with van der Waals surface area (Å²) in [5.74, 6) is -6.05. The maximum absolute atomic E-state index is 12.6. The first-order valence-corrected chi connectivity index (χ1v) is 24.9. The van der Waals surface area contributed by atoms with Crippen molar-refractivity contribution >= 4 is 53.0 Å². The predicted octanol–water partition coefficient (Wildman–Crippen LogP) is 4.08. The van der Waals surface area contributed by atoms with Crippen LogP contribution in [0.3, 0.4) is 0 Å². The second-order valence-corrected chi connectivity index (χ2v) is 17.1. The van der Waals surface area contributed by atoms with Gasteiger partial charge >= 0.3 is 17.9 Å². The van der Waals surface area contributed by atoms with Crippen molar-refractivity contribution in [2.45, 2.75) is 135 Å². The summed E-state index contributed by atoms with van der Waals surface area (Å²) >= 11 is 0. The van der Waals surface area contributed by atoms with E-state index in [2.05, 4.69) is 16.0 Å². The van der Waals surface area contributed by atoms with Gasteiger partial charge in [0.05, 0.1) is 51.1 Å². The zero-order chi connectivity index (χ0) is 52.5. The van der Waals surface area contributed by atoms with Gasteiger partial charge in [0, 0.05) is 57.7 Å². The lowest BCUT2D eigenvalue weighted by atomic mass is 9.94. The molecule has 0 aliphatic rings. The third-order valence-corrected chi connectivity index (χ3v) is 11.3. The molecule has 0 fully saturated rings. The number of ketones is 3. The molecule has 21 heteroatoms. The minimum atomic E-state index is -1.35. The standard InChI is InChI=1S/C50H79N3O18/c1-2-37(44(57)34-54)13-9-10-24-51-46(59)35-70-32-30-68-28-25-52-47(60)36-69-31-29-67-26-12-15-40(55)19-22-43(50(65)66)53-45(58)23-18-39(49(63)64)33-41(56)14-8-6-4-3-5-7-11-27-71-42-20-16-38(17-21-42)48(61)62/h16-17,20-21,37,39,43,54H,2-15,18-19,22-36H2,1H3,(H,51,59)(H,52,60)(H,53,58)(H,61,62)(H,63,64)(H,65,66)/t37-,39+,43-/m0/s1. The van der Waals surface area contributed by atoms with Crippen LogP contribution in [0.25, 0.3) is 0 Å². The number of carbonyl (C=O) groups excluding carboxylic acids is 6. The average Bonchev–Trinajstić information content (AvgIpc) is 3.34. The molecule has 1 aromatic carbocycles. The van der Waals surface area contributed by atoms with E-state index < -0.39 is 42.4 Å². The van der Waals surface area contributed by atoms with E-state index in [4.69, 9.17) is 33.9 Å². The van der Waals surface area contributed by atoms with Gasteiger partial charge < -0.3 is 60.1 Å². The molecule has 1 rings (SSSR count). The van der Waals surface area contributed by atoms with Crippen molar-refractivity contribution in [1.82, 2.24) is 16.0 Å². The molecule has 21 nitrogen and oxygen atoms in total. The molecule has 3 atom stereocenters. The molecule has 0 saturated carbocycles. The number of aliphatic hydroxyl groups is 1. The number of hydrogen-bond acceptors (Lipinski definition) is 15. The highest BCUT2D eigenvalue weighted by molar-refractivity contribution is 5.88. The lowest BCUT2D eigenvalue weighted by Crippen LogP contribution is -2.41. The highest BCUT2D eigenvalue weighted by atomic mass is 16.5. The Hall–Kier alpha value is -5.35. The van der Waals surface area contributed by atoms with Crippen molar-refractivity contribution in [2.24, 2.45) is 11.8 Å². The zero-order valence-electron chi connectivity index (χ0n) is 41.5. The van der Waals surface area contributed by atoms with Gasteiger partial charge in [0.2, 0.25) is 17.7 Å². The topological polar surface area (TPSA) is 317 Å². The van der Waals surface area contributed by atoms with Crippen LogP contribution in [0.15, 0.2) is 24.3 Å². The number of benzene rings is 1. The van der Waals surface area contributed by atoms with E-state index in [0.717, 1.165) is 51.4 Å². The van der Waals surface area contributed by atoms with Crippen molar-refractivity contribution in [3.05, 3.63) is 29.8 Å². The Kier molecular flexibility index (Phi) is 37.0. The number of unbranched alkanes of at least 4 members (excludes halogenated alkanes) is 7. The summed E-state index contributed by atoms with van der Waals surface area (Å²) in [5.41, 5.74) is 0.199. The fraction of sp³-hybridized carbons (Fsp3) is 0.700. The largest absolute Gasteiger partial charge is 0.494 e. The van der Waals surface area contributed by atoms with Gasteiger partial charge in [0.25, 0.3) is 0 Å². The number of carboxylic acid groups (broad SMARTS) is 3. The number of Topliss-reactive ketones (excluding diaryl/α,β-unsaturated/α-hetero) is 3. The number of aliphatic carboxylic acids is 2. The minimum absolute atomic E-state index is 0.108. The van der Waals surface area contributed by atoms with Crippen LogP contribution in [-0.4, -0.2) is 159 Å². The third-order valence-electron chi connectivity index (χ3n) is 11.3. The van der Waals surface area contributed by atoms with Gasteiger partial charge in [-0.25, -0.2) is 9.59 Å². The van der Waals surface area contributed by atoms with Crippen molar-refractivity contribution in [2.75, 3.05) is 79.2 Å². The maximum Gasteiger partial charge on any atom is 0.335 e. The number of carboxylic acids is 3. The Morgan fingerprint density at radius 3 is 1.72 bits per heavy atom. The monoisotopic (exact) mass is 1010 g/mol. The van der Waals surface area contributed by atoms with Crippen LogP contribution in [0, 0.1) is 11.8 Å². The lowest BCUT2D eigenvalue weighted by molar-refractivity contribution is -0.145. The molecular formula is C50H79N3O18. The lowest BCUT2D eigenvalue weighted by Gasteiger charge is -2.16. The van der Waals surface area contributed by atoms with Gasteiger partial charge in [-0.15, -0.1) is 0 Å². The van der Waals surface area contributed by atoms with Crippen molar-refractivity contribution in [1.29, 1.82) is 0 Å². The molecule has 0 aliphatic heterocycles. The van der Waals surface area contributed by atoms with Crippen LogP contribution >= 0.6 is 0 Å². The Morgan fingerprint density at radius 2 is 1.11 bits per heavy atom. The molecular weight excluding hydrogens is 931 g/mol. The van der Waals surface area contributed by atoms with Crippen LogP contribution in [0.1, 0.15) is 139 Å². The third kappa shape index (κ3) is 34.6. The van der Waals surface area contributed by atoms with Crippen molar-refractivity contribution < 1.29 is 87.3 Å². The van der Waals surface area contributed by atoms with Crippen LogP contribution in [0.5, 0.6) is 5.75 Å². The summed E-state index contributed by atoms with van der Waals surface area (Å²) in [6, 6.07) is 4.89. The minimum Gasteiger partial charge on any atom is -0.494 e. The molecule has 402 valence electrons. The number of amides is 3. The van der Waals surface area contributed by atoms with Gasteiger partial charge in [-0.2, -0.15) is 0 Å². The number of hydrogen-bond donors (Lipinski definition) is 7. The summed E-state index contributed by atoms with van der Waals surface area (Å²) in [4.78, 5) is 107. The summed E-state index contributed by atoms with van der Waals surface area (Å²) < 4.78 is 27.0. The van der Waals surface area contributed by atoms with E-state index in [-0.39, 0.29) is 145 Å². The second kappa shape index (κ2) is 41.3. The van der Waals surface area contributed by atoms with Crippen LogP contribution in [-0.2, 0) is 57.3 Å². The fourth-order valence-corrected chi connectivity index (χ4v) is 7.11. The Balaban J connectivity index is 2.05. The van der Waals surface area contributed by atoms with Crippen LogP contribution in [0.4, 0.5) is 0 Å². The normalized spacial score (nSPS) is 12.3.